The van der Waals surface area contributed by atoms with Crippen molar-refractivity contribution in [2.45, 2.75) is 12.5 Å². The largest absolute Gasteiger partial charge is 0.369 e. The van der Waals surface area contributed by atoms with Gasteiger partial charge in [-0.15, -0.1) is 0 Å². The molecule has 5 nitrogen and oxygen atoms in total. The van der Waals surface area contributed by atoms with Crippen LogP contribution in [-0.2, 0) is 0 Å². The molecular weight excluding hydrogens is 184 g/mol. The molecular formula is C9H10N2O3. The number of nitrogens with zero attached hydrogens (tertiary/aromatic N) is 1. The third kappa shape index (κ3) is 1.32. The molecule has 0 radical (unpaired) electrons. The molecule has 14 heavy (non-hydrogen) atoms. The number of rotatable bonds is 1. The van der Waals surface area contributed by atoms with E-state index in [9.17, 15) is 15.0 Å². The maximum absolute atomic E-state index is 11.3. The van der Waals surface area contributed by atoms with Gasteiger partial charge in [0.1, 0.15) is 0 Å². The van der Waals surface area contributed by atoms with Crippen LogP contribution in [0.4, 0.5) is 10.5 Å². The van der Waals surface area contributed by atoms with Gasteiger partial charge in [0.15, 0.2) is 12.5 Å². The number of aliphatic hydroxyl groups is 2. The summed E-state index contributed by atoms with van der Waals surface area (Å²) in [6, 6.07) is 8.17. The minimum atomic E-state index is -1.23. The molecule has 1 aliphatic heterocycles. The number of aliphatic hydroxyl groups excluding tert-OH is 2. The summed E-state index contributed by atoms with van der Waals surface area (Å²) in [5.74, 6) is 0. The minimum Gasteiger partial charge on any atom is -0.369 e. The Morgan fingerprint density at radius 3 is 2.36 bits per heavy atom. The SMILES string of the molecule is O=C1NC(O)C(O)N1c1ccccc1. The molecule has 0 saturated carbocycles. The average Bonchev–Trinajstić information content (AvgIpc) is 2.43. The third-order valence-corrected chi connectivity index (χ3v) is 2.07. The maximum Gasteiger partial charge on any atom is 0.326 e. The van der Waals surface area contributed by atoms with Crippen LogP contribution < -0.4 is 10.2 Å². The second kappa shape index (κ2) is 3.28. The Labute approximate surface area is 80.6 Å². The van der Waals surface area contributed by atoms with Crippen molar-refractivity contribution in [2.75, 3.05) is 4.90 Å². The molecule has 5 heteroatoms. The Morgan fingerprint density at radius 2 is 1.86 bits per heavy atom. The molecule has 74 valence electrons. The number of benzene rings is 1. The third-order valence-electron chi connectivity index (χ3n) is 2.07. The first kappa shape index (κ1) is 8.98. The number of urea groups is 1. The Hall–Kier alpha value is -1.59. The van der Waals surface area contributed by atoms with Gasteiger partial charge in [-0.3, -0.25) is 4.90 Å². The molecule has 1 heterocycles. The molecule has 1 aliphatic rings. The number of hydrogen-bond acceptors (Lipinski definition) is 3. The fraction of sp³-hybridized carbons (Fsp3) is 0.222. The molecule has 2 rings (SSSR count). The topological polar surface area (TPSA) is 72.8 Å². The number of carbonyl (C=O) groups excluding carboxylic acids is 1. The van der Waals surface area contributed by atoms with Gasteiger partial charge in [-0.2, -0.15) is 0 Å². The quantitative estimate of drug-likeness (QED) is 0.582. The molecule has 1 aromatic carbocycles. The van der Waals surface area contributed by atoms with Crippen LogP contribution in [0.5, 0.6) is 0 Å². The Bertz CT molecular complexity index is 341. The monoisotopic (exact) mass is 194 g/mol. The van der Waals surface area contributed by atoms with E-state index in [4.69, 9.17) is 0 Å². The zero-order valence-electron chi connectivity index (χ0n) is 7.29. The van der Waals surface area contributed by atoms with Crippen molar-refractivity contribution < 1.29 is 15.0 Å². The molecule has 1 saturated heterocycles. The predicted octanol–water partition coefficient (Wildman–Crippen LogP) is -0.147. The number of anilines is 1. The number of para-hydroxylation sites is 1. The summed E-state index contributed by atoms with van der Waals surface area (Å²) in [6.45, 7) is 0. The maximum atomic E-state index is 11.3. The van der Waals surface area contributed by atoms with Crippen LogP contribution >= 0.6 is 0 Å². The summed E-state index contributed by atoms with van der Waals surface area (Å²) in [7, 11) is 0. The lowest BCUT2D eigenvalue weighted by Crippen LogP contribution is -2.36. The van der Waals surface area contributed by atoms with Crippen molar-refractivity contribution in [3.05, 3.63) is 30.3 Å². The summed E-state index contributed by atoms with van der Waals surface area (Å²) < 4.78 is 0. The van der Waals surface area contributed by atoms with Crippen molar-refractivity contribution in [2.24, 2.45) is 0 Å². The van der Waals surface area contributed by atoms with E-state index in [1.54, 1.807) is 30.3 Å². The first-order valence-electron chi connectivity index (χ1n) is 4.21. The Balaban J connectivity index is 2.31. The van der Waals surface area contributed by atoms with Crippen LogP contribution in [0, 0.1) is 0 Å². The molecule has 0 bridgehead atoms. The minimum absolute atomic E-state index is 0.504. The molecule has 0 spiro atoms. The second-order valence-electron chi connectivity index (χ2n) is 3.01. The van der Waals surface area contributed by atoms with Crippen LogP contribution in [0.3, 0.4) is 0 Å². The van der Waals surface area contributed by atoms with E-state index < -0.39 is 18.5 Å². The van der Waals surface area contributed by atoms with E-state index in [0.717, 1.165) is 4.90 Å². The van der Waals surface area contributed by atoms with Crippen molar-refractivity contribution >= 4 is 11.7 Å². The lowest BCUT2D eigenvalue weighted by Gasteiger charge is -2.19. The molecule has 2 unspecified atom stereocenters. The standard InChI is InChI=1S/C9H10N2O3/c12-7-8(13)11(9(14)10-7)6-4-2-1-3-5-6/h1-5,7-8,12-13H,(H,10,14). The number of carbonyl (C=O) groups is 1. The van der Waals surface area contributed by atoms with Crippen molar-refractivity contribution in [3.8, 4) is 0 Å². The van der Waals surface area contributed by atoms with E-state index in [0.29, 0.717) is 5.69 Å². The molecule has 1 fully saturated rings. The molecule has 1 aromatic rings. The van der Waals surface area contributed by atoms with Crippen LogP contribution in [0.25, 0.3) is 0 Å². The molecule has 0 aromatic heterocycles. The first-order chi connectivity index (χ1) is 6.70. The lowest BCUT2D eigenvalue weighted by molar-refractivity contribution is 0.0331. The van der Waals surface area contributed by atoms with Gasteiger partial charge < -0.3 is 15.5 Å². The molecule has 2 amide bonds. The zero-order valence-corrected chi connectivity index (χ0v) is 7.29. The number of hydrogen-bond donors (Lipinski definition) is 3. The van der Waals surface area contributed by atoms with Crippen molar-refractivity contribution in [3.63, 3.8) is 0 Å². The van der Waals surface area contributed by atoms with Crippen LogP contribution in [0.1, 0.15) is 0 Å². The van der Waals surface area contributed by atoms with Gasteiger partial charge in [-0.25, -0.2) is 4.79 Å². The number of amides is 2. The van der Waals surface area contributed by atoms with Gasteiger partial charge >= 0.3 is 6.03 Å². The summed E-state index contributed by atoms with van der Waals surface area (Å²) >= 11 is 0. The highest BCUT2D eigenvalue weighted by Crippen LogP contribution is 2.20. The van der Waals surface area contributed by atoms with Crippen LogP contribution in [0.15, 0.2) is 30.3 Å². The zero-order chi connectivity index (χ0) is 10.1. The lowest BCUT2D eigenvalue weighted by atomic mass is 10.3. The average molecular weight is 194 g/mol. The van der Waals surface area contributed by atoms with Crippen LogP contribution in [0.2, 0.25) is 0 Å². The van der Waals surface area contributed by atoms with E-state index >= 15 is 0 Å². The second-order valence-corrected chi connectivity index (χ2v) is 3.01. The highest BCUT2D eigenvalue weighted by atomic mass is 16.4. The van der Waals surface area contributed by atoms with E-state index in [1.165, 1.54) is 0 Å². The smallest absolute Gasteiger partial charge is 0.326 e. The first-order valence-corrected chi connectivity index (χ1v) is 4.21. The van der Waals surface area contributed by atoms with E-state index in [-0.39, 0.29) is 0 Å². The molecule has 3 N–H and O–H groups in total. The predicted molar refractivity (Wildman–Crippen MR) is 49.5 cm³/mol. The van der Waals surface area contributed by atoms with Crippen molar-refractivity contribution in [1.82, 2.24) is 5.32 Å². The normalized spacial score (nSPS) is 26.4. The fourth-order valence-corrected chi connectivity index (χ4v) is 1.39. The van der Waals surface area contributed by atoms with Gasteiger partial charge in [-0.05, 0) is 12.1 Å². The van der Waals surface area contributed by atoms with Gasteiger partial charge in [0, 0.05) is 5.69 Å². The highest BCUT2D eigenvalue weighted by Gasteiger charge is 2.37. The summed E-state index contributed by atoms with van der Waals surface area (Å²) in [5, 5.41) is 20.9. The highest BCUT2D eigenvalue weighted by molar-refractivity contribution is 5.94. The van der Waals surface area contributed by atoms with Crippen molar-refractivity contribution in [1.29, 1.82) is 0 Å². The Kier molecular flexibility index (Phi) is 2.11. The molecule has 0 aliphatic carbocycles. The number of nitrogens with one attached hydrogen (secondary N) is 1. The Morgan fingerprint density at radius 1 is 1.21 bits per heavy atom. The summed E-state index contributed by atoms with van der Waals surface area (Å²) in [5.41, 5.74) is 0.550. The van der Waals surface area contributed by atoms with Gasteiger partial charge in [0.25, 0.3) is 0 Å². The van der Waals surface area contributed by atoms with E-state index in [1.807, 2.05) is 0 Å². The van der Waals surface area contributed by atoms with Crippen LogP contribution in [-0.4, -0.2) is 28.7 Å². The van der Waals surface area contributed by atoms with Gasteiger partial charge in [0.05, 0.1) is 0 Å². The van der Waals surface area contributed by atoms with E-state index in [2.05, 4.69) is 5.32 Å². The summed E-state index contributed by atoms with van der Waals surface area (Å²) in [4.78, 5) is 12.4. The van der Waals surface area contributed by atoms with Gasteiger partial charge in [0.2, 0.25) is 0 Å². The fourth-order valence-electron chi connectivity index (χ4n) is 1.39. The molecule has 2 atom stereocenters. The summed E-state index contributed by atoms with van der Waals surface area (Å²) in [6.07, 6.45) is -2.47. The van der Waals surface area contributed by atoms with Gasteiger partial charge in [-0.1, -0.05) is 18.2 Å².